The Balaban J connectivity index is 1.43. The van der Waals surface area contributed by atoms with Crippen molar-refractivity contribution in [3.63, 3.8) is 0 Å². The van der Waals surface area contributed by atoms with Crippen molar-refractivity contribution < 1.29 is 62.2 Å². The average molecular weight is 1360 g/mol. The second-order valence-electron chi connectivity index (χ2n) is 27.2. The third kappa shape index (κ3) is 24.1. The van der Waals surface area contributed by atoms with E-state index in [-0.39, 0.29) is 111 Å². The maximum Gasteiger partial charge on any atom is 0.364 e. The first-order valence-corrected chi connectivity index (χ1v) is 35.1. The zero-order valence-corrected chi connectivity index (χ0v) is 61.7. The molecular formula is C69H112AlN13O13. The van der Waals surface area contributed by atoms with Crippen molar-refractivity contribution in [2.75, 3.05) is 66.9 Å². The summed E-state index contributed by atoms with van der Waals surface area (Å²) in [5, 5.41) is 19.8. The number of carbonyl (C=O) groups is 11. The first kappa shape index (κ1) is 81.3. The molecule has 0 spiro atoms. The minimum Gasteiger partial charge on any atom is -0.452 e. The summed E-state index contributed by atoms with van der Waals surface area (Å²) < 4.78 is 15.0. The summed E-state index contributed by atoms with van der Waals surface area (Å²) in [5.74, 6) is -5.47. The van der Waals surface area contributed by atoms with Crippen molar-refractivity contribution in [3.8, 4) is 0 Å². The summed E-state index contributed by atoms with van der Waals surface area (Å²) >= 11 is 0.541. The van der Waals surface area contributed by atoms with Crippen molar-refractivity contribution in [2.45, 2.75) is 194 Å². The number of benzene rings is 2. The average Bonchev–Trinajstić information content (AvgIpc) is 1.34. The van der Waals surface area contributed by atoms with E-state index in [1.54, 1.807) is 66.8 Å². The third-order valence-corrected chi connectivity index (χ3v) is 19.3. The lowest BCUT2D eigenvalue weighted by Gasteiger charge is -2.41. The summed E-state index contributed by atoms with van der Waals surface area (Å²) in [7, 11) is 8.40. The zero-order valence-electron chi connectivity index (χ0n) is 59.7. The lowest BCUT2D eigenvalue weighted by Crippen LogP contribution is -2.59. The van der Waals surface area contributed by atoms with Crippen LogP contribution in [0.1, 0.15) is 138 Å². The lowest BCUT2D eigenvalue weighted by atomic mass is 9.86. The van der Waals surface area contributed by atoms with E-state index < -0.39 is 102 Å². The summed E-state index contributed by atoms with van der Waals surface area (Å²) in [6.07, 6.45) is 1.06. The second-order valence-corrected chi connectivity index (χ2v) is 27.7. The molecule has 13 atom stereocenters. The van der Waals surface area contributed by atoms with Gasteiger partial charge in [0.15, 0.2) is 5.91 Å². The molecule has 0 aromatic heterocycles. The SMILES string of the molecule is CC[C@H](C)[C@@H]([C@@H](CC(=O)N1CCC[C@H]1[C@H](OC)[C@@H](C)C(=O)N[C@@H](Cc1ccccc1)C(=O)NCc1ccc(NC(=O)[C@H](CCCNC(N)=O)NC(=O)[C@@H](NC(=O)CCC(=O)N2CCC(C(=O)[NH][AlH2])C(C)C2)C(C)C)cc1)OC)N(C)C(=O)[C@@H](NC(=O)[C@H](C(C)C)N(C)C)C(C)C. The molecule has 4 rings (SSSR count). The number of hydrogen-bond acceptors (Lipinski definition) is 14. The maximum atomic E-state index is 14.6. The molecule has 0 bridgehead atoms. The number of nitrogens with one attached hydrogen (secondary N) is 8. The Morgan fingerprint density at radius 2 is 1.33 bits per heavy atom. The highest BCUT2D eigenvalue weighted by Crippen LogP contribution is 2.31. The topological polar surface area (TPSA) is 341 Å². The van der Waals surface area contributed by atoms with Gasteiger partial charge in [-0.3, -0.25) is 52.8 Å². The molecule has 12 amide bonds. The number of nitrogens with two attached hydrogens (primary N) is 1. The van der Waals surface area contributed by atoms with Crippen LogP contribution in [0.25, 0.3) is 0 Å². The van der Waals surface area contributed by atoms with E-state index >= 15 is 0 Å². The van der Waals surface area contributed by atoms with Gasteiger partial charge in [0.2, 0.25) is 53.2 Å². The molecule has 534 valence electrons. The number of urea groups is 1. The van der Waals surface area contributed by atoms with E-state index in [9.17, 15) is 52.7 Å². The molecule has 2 aliphatic heterocycles. The zero-order chi connectivity index (χ0) is 71.7. The van der Waals surface area contributed by atoms with Crippen molar-refractivity contribution in [1.82, 2.24) is 55.8 Å². The Hall–Kier alpha value is -7.18. The van der Waals surface area contributed by atoms with Crippen LogP contribution >= 0.6 is 0 Å². The van der Waals surface area contributed by atoms with Gasteiger partial charge in [-0.1, -0.05) is 118 Å². The summed E-state index contributed by atoms with van der Waals surface area (Å²) in [6, 6.07) is 9.59. The molecule has 26 nitrogen and oxygen atoms in total. The highest BCUT2D eigenvalue weighted by Gasteiger charge is 2.44. The van der Waals surface area contributed by atoms with E-state index in [4.69, 9.17) is 15.2 Å². The van der Waals surface area contributed by atoms with Crippen LogP contribution in [0.5, 0.6) is 0 Å². The van der Waals surface area contributed by atoms with E-state index in [0.29, 0.717) is 73.1 Å². The molecule has 27 heteroatoms. The Morgan fingerprint density at radius 1 is 0.688 bits per heavy atom. The van der Waals surface area contributed by atoms with Crippen molar-refractivity contribution in [1.29, 1.82) is 0 Å². The van der Waals surface area contributed by atoms with Crippen molar-refractivity contribution >= 4 is 87.3 Å². The molecule has 2 heterocycles. The number of piperidine rings is 1. The molecule has 96 heavy (non-hydrogen) atoms. The molecule has 2 unspecified atom stereocenters. The number of rotatable bonds is 37. The van der Waals surface area contributed by atoms with Crippen molar-refractivity contribution in [3.05, 3.63) is 65.7 Å². The monoisotopic (exact) mass is 1360 g/mol. The van der Waals surface area contributed by atoms with Gasteiger partial charge in [0.25, 0.3) is 0 Å². The molecule has 2 aromatic carbocycles. The fourth-order valence-corrected chi connectivity index (χ4v) is 13.5. The van der Waals surface area contributed by atoms with Gasteiger partial charge in [-0.15, -0.1) is 0 Å². The van der Waals surface area contributed by atoms with E-state index in [0.717, 1.165) is 5.56 Å². The number of primary amides is 1. The van der Waals surface area contributed by atoms with Crippen LogP contribution in [0, 0.1) is 41.4 Å². The molecule has 2 aromatic rings. The Labute approximate surface area is 576 Å². The molecule has 2 saturated heterocycles. The maximum absolute atomic E-state index is 14.6. The second kappa shape index (κ2) is 39.9. The van der Waals surface area contributed by atoms with Crippen molar-refractivity contribution in [2.24, 2.45) is 47.2 Å². The number of likely N-dealkylation sites (N-methyl/N-ethyl adjacent to an activating group) is 2. The normalized spacial score (nSPS) is 18.7. The van der Waals surface area contributed by atoms with Gasteiger partial charge in [-0.05, 0) is 99.0 Å². The number of amides is 12. The van der Waals surface area contributed by atoms with Crippen LogP contribution in [0.3, 0.4) is 0 Å². The number of likely N-dealkylation sites (tertiary alicyclic amines) is 2. The Bertz CT molecular complexity index is 2900. The first-order valence-electron chi connectivity index (χ1n) is 34.1. The number of hydrogen-bond donors (Lipinski definition) is 9. The molecule has 2 aliphatic rings. The van der Waals surface area contributed by atoms with E-state index in [1.807, 2.05) is 97.8 Å². The lowest BCUT2D eigenvalue weighted by molar-refractivity contribution is -0.148. The molecule has 0 saturated carbocycles. The van der Waals surface area contributed by atoms with E-state index in [1.165, 1.54) is 14.2 Å². The third-order valence-electron chi connectivity index (χ3n) is 18.8. The number of anilines is 1. The molecular weight excluding hydrogens is 1250 g/mol. The minimum atomic E-state index is -1.13. The highest BCUT2D eigenvalue weighted by atomic mass is 27.1. The number of nitrogens with zero attached hydrogens (tertiary/aromatic N) is 4. The number of carbonyl (C=O) groups excluding carboxylic acids is 11. The van der Waals surface area contributed by atoms with Gasteiger partial charge in [-0.25, -0.2) is 4.79 Å². The standard InChI is InChI=1S/C69H111N13O13.Al.2H/c1-16-43(8)60(80(13)68(92)58(41(4)5)78-67(91)59(42(6)7)79(11)12)53(94-14)37-56(85)82-34-21-25-52(82)61(95-15)45(10)63(87)76-51(36-46-22-18-17-19-23-46)64(88)73-38-47-26-28-48(29-27-47)74-65(89)50(24-20-33-72-69(71)93)75-66(90)57(40(2)3)77-54(83)30-31-55(84)81-35-32-49(62(70)86)44(9)39-81;;;/h17-19,22-23,26-29,40-45,49-53,57-61H,16,20-21,24-25,30-39H2,1-15H3,(H11,70,71,72,73,74,75,76,77,78,83,86,87,88,89,90,91,93);;;/q;+1;;/p-1/t43-,44?,45+,49?,50-,51-,52-,53+,57-,58-,59-,60-,61+;;;/m0.../s1. The van der Waals surface area contributed by atoms with Crippen LogP contribution in [-0.4, -0.2) is 217 Å². The largest absolute Gasteiger partial charge is 0.452 e. The van der Waals surface area contributed by atoms with E-state index in [2.05, 4.69) is 41.5 Å². The molecule has 0 aliphatic carbocycles. The first-order chi connectivity index (χ1) is 45.4. The smallest absolute Gasteiger partial charge is 0.364 e. The van der Waals surface area contributed by atoms with Gasteiger partial charge in [0, 0.05) is 84.9 Å². The fourth-order valence-electron chi connectivity index (χ4n) is 13.2. The number of ether oxygens (including phenoxy) is 2. The fraction of sp³-hybridized carbons (Fsp3) is 0.667. The van der Waals surface area contributed by atoms with Crippen LogP contribution in [0.15, 0.2) is 54.6 Å². The highest BCUT2D eigenvalue weighted by molar-refractivity contribution is 6.14. The predicted octanol–water partition coefficient (Wildman–Crippen LogP) is 2.62. The van der Waals surface area contributed by atoms with Crippen LogP contribution in [0.4, 0.5) is 10.5 Å². The quantitative estimate of drug-likeness (QED) is 0.0347. The Morgan fingerprint density at radius 3 is 1.90 bits per heavy atom. The van der Waals surface area contributed by atoms with Gasteiger partial charge in [0.1, 0.15) is 24.2 Å². The van der Waals surface area contributed by atoms with Crippen LogP contribution < -0.4 is 47.3 Å². The van der Waals surface area contributed by atoms with Gasteiger partial charge in [0.05, 0.1) is 42.7 Å². The molecule has 10 N–H and O–H groups in total. The summed E-state index contributed by atoms with van der Waals surface area (Å²) in [6.45, 7) is 20.2. The number of methoxy groups -OCH3 is 2. The van der Waals surface area contributed by atoms with Gasteiger partial charge < -0.3 is 71.4 Å². The minimum absolute atomic E-state index is 0.00624. The van der Waals surface area contributed by atoms with Crippen LogP contribution in [0.2, 0.25) is 0 Å². The molecule has 0 radical (unpaired) electrons. The van der Waals surface area contributed by atoms with Crippen LogP contribution in [-0.2, 0) is 70.4 Å². The summed E-state index contributed by atoms with van der Waals surface area (Å²) in [5.41, 5.74) is 7.08. The summed E-state index contributed by atoms with van der Waals surface area (Å²) in [4.78, 5) is 156. The van der Waals surface area contributed by atoms with Gasteiger partial charge >= 0.3 is 22.5 Å². The Kier molecular flexibility index (Phi) is 33.8. The van der Waals surface area contributed by atoms with Gasteiger partial charge in [-0.2, -0.15) is 0 Å². The predicted molar refractivity (Wildman–Crippen MR) is 369 cm³/mol. The molecule has 2 fully saturated rings.